The minimum atomic E-state index is -1.24. The van der Waals surface area contributed by atoms with Crippen molar-refractivity contribution in [3.63, 3.8) is 0 Å². The summed E-state index contributed by atoms with van der Waals surface area (Å²) < 4.78 is 0. The number of carbonyl (C=O) groups is 6. The third kappa shape index (κ3) is 10.8. The van der Waals surface area contributed by atoms with Crippen LogP contribution in [0.4, 0.5) is 0 Å². The number of hydrogen-bond acceptors (Lipinski definition) is 6. The molecule has 0 bridgehead atoms. The van der Waals surface area contributed by atoms with Gasteiger partial charge in [-0.05, 0) is 52.3 Å². The van der Waals surface area contributed by atoms with Crippen molar-refractivity contribution < 1.29 is 28.8 Å². The summed E-state index contributed by atoms with van der Waals surface area (Å²) in [6.45, 7) is 4.54. The van der Waals surface area contributed by atoms with Gasteiger partial charge in [-0.25, -0.2) is 0 Å². The summed E-state index contributed by atoms with van der Waals surface area (Å²) in [5, 5.41) is 12.0. The predicted molar refractivity (Wildman–Crippen MR) is 191 cm³/mol. The van der Waals surface area contributed by atoms with Gasteiger partial charge >= 0.3 is 0 Å². The van der Waals surface area contributed by atoms with E-state index >= 15 is 0 Å². The molecule has 0 aliphatic rings. The molecule has 0 radical (unpaired) electrons. The van der Waals surface area contributed by atoms with E-state index in [1.165, 1.54) is 6.92 Å². The second kappa shape index (κ2) is 17.5. The molecule has 0 aromatic heterocycles. The summed E-state index contributed by atoms with van der Waals surface area (Å²) in [4.78, 5) is 76.1. The number of fused-ring (bicyclic) bond motifs is 1. The van der Waals surface area contributed by atoms with E-state index in [0.717, 1.165) is 33.0 Å². The summed E-state index contributed by atoms with van der Waals surface area (Å²) in [6.07, 6.45) is 0.489. The van der Waals surface area contributed by atoms with E-state index in [4.69, 9.17) is 5.73 Å². The third-order valence-corrected chi connectivity index (χ3v) is 8.10. The number of primary amides is 1. The molecule has 0 saturated carbocycles. The molecule has 11 heteroatoms. The van der Waals surface area contributed by atoms with Gasteiger partial charge in [0.05, 0.1) is 19.0 Å². The molecule has 5 amide bonds. The predicted octanol–water partition coefficient (Wildman–Crippen LogP) is 2.98. The molecule has 0 aliphatic carbocycles. The molecule has 6 N–H and O–H groups in total. The fourth-order valence-corrected chi connectivity index (χ4v) is 5.47. The fourth-order valence-electron chi connectivity index (χ4n) is 5.47. The Kier molecular flexibility index (Phi) is 13.0. The first-order chi connectivity index (χ1) is 23.9. The second-order valence-corrected chi connectivity index (χ2v) is 12.7. The van der Waals surface area contributed by atoms with Crippen LogP contribution in [-0.2, 0) is 41.6 Å². The largest absolute Gasteiger partial charge is 0.368 e. The van der Waals surface area contributed by atoms with E-state index in [1.54, 1.807) is 0 Å². The van der Waals surface area contributed by atoms with Crippen LogP contribution in [0, 0.1) is 5.92 Å². The summed E-state index contributed by atoms with van der Waals surface area (Å²) >= 11 is 0. The van der Waals surface area contributed by atoms with Gasteiger partial charge in [-0.15, -0.1) is 0 Å². The number of Topliss-reactive ketones (excluding diaryl/α,β-unsaturated/α-hetero) is 1. The van der Waals surface area contributed by atoms with Crippen LogP contribution in [0.2, 0.25) is 0 Å². The fraction of sp³-hybridized carbons (Fsp3) is 0.282. The summed E-state index contributed by atoms with van der Waals surface area (Å²) in [6, 6.07) is 27.5. The number of nitrogens with two attached hydrogens (primary N) is 1. The van der Waals surface area contributed by atoms with Crippen molar-refractivity contribution in [3.8, 4) is 11.1 Å². The third-order valence-electron chi connectivity index (χ3n) is 8.10. The van der Waals surface area contributed by atoms with Crippen molar-refractivity contribution in [2.75, 3.05) is 6.54 Å². The van der Waals surface area contributed by atoms with Crippen LogP contribution >= 0.6 is 0 Å². The molecule has 0 saturated heterocycles. The van der Waals surface area contributed by atoms with E-state index in [0.29, 0.717) is 6.42 Å². The van der Waals surface area contributed by atoms with Gasteiger partial charge in [0.15, 0.2) is 0 Å². The van der Waals surface area contributed by atoms with Crippen molar-refractivity contribution in [2.45, 2.75) is 58.2 Å². The molecular formula is C39H43N5O6. The lowest BCUT2D eigenvalue weighted by molar-refractivity contribution is -0.140. The van der Waals surface area contributed by atoms with Gasteiger partial charge in [0.1, 0.15) is 12.1 Å². The van der Waals surface area contributed by atoms with E-state index in [1.807, 2.05) is 111 Å². The summed E-state index contributed by atoms with van der Waals surface area (Å²) in [7, 11) is 0. The molecule has 11 nitrogen and oxygen atoms in total. The zero-order valence-corrected chi connectivity index (χ0v) is 28.4. The maximum absolute atomic E-state index is 13.2. The minimum Gasteiger partial charge on any atom is -0.368 e. The van der Waals surface area contributed by atoms with Crippen molar-refractivity contribution >= 4 is 46.1 Å². The first-order valence-corrected chi connectivity index (χ1v) is 16.5. The molecule has 4 rings (SSSR count). The number of rotatable bonds is 16. The lowest BCUT2D eigenvalue weighted by Gasteiger charge is -2.22. The Morgan fingerprint density at radius 2 is 1.24 bits per heavy atom. The maximum atomic E-state index is 13.2. The number of amides is 5. The Hall–Kier alpha value is -5.84. The van der Waals surface area contributed by atoms with Crippen molar-refractivity contribution in [2.24, 2.45) is 11.7 Å². The van der Waals surface area contributed by atoms with Crippen molar-refractivity contribution in [3.05, 3.63) is 108 Å². The molecule has 0 spiro atoms. The molecule has 4 aromatic carbocycles. The van der Waals surface area contributed by atoms with Gasteiger partial charge in [0.2, 0.25) is 29.4 Å². The standard InChI is InChI=1S/C39H43N5O6/c1-24(2)19-33(44-34(45)22-26-13-16-30(17-14-26)28-9-5-4-6-10-28)38(49)42-25(3)36(47)39(50)41-23-35(46)43-32(37(40)48)21-27-15-18-29-11-7-8-12-31(29)20-27/h4-18,20,24-25,32-33H,19,21-23H2,1-3H3,(H2,40,48)(H,41,50)(H,42,49)(H,43,46)(H,44,45)/t25?,32?,33-/m0/s1. The highest BCUT2D eigenvalue weighted by atomic mass is 16.2. The molecule has 50 heavy (non-hydrogen) atoms. The van der Waals surface area contributed by atoms with Gasteiger partial charge in [0, 0.05) is 6.42 Å². The van der Waals surface area contributed by atoms with E-state index in [9.17, 15) is 28.8 Å². The Morgan fingerprint density at radius 3 is 1.90 bits per heavy atom. The molecule has 260 valence electrons. The molecule has 2 unspecified atom stereocenters. The zero-order chi connectivity index (χ0) is 36.2. The first-order valence-electron chi connectivity index (χ1n) is 16.5. The van der Waals surface area contributed by atoms with Crippen LogP contribution in [0.3, 0.4) is 0 Å². The van der Waals surface area contributed by atoms with Crippen LogP contribution in [0.25, 0.3) is 21.9 Å². The summed E-state index contributed by atoms with van der Waals surface area (Å²) in [5.74, 6) is -4.50. The van der Waals surface area contributed by atoms with E-state index in [-0.39, 0.29) is 24.7 Å². The van der Waals surface area contributed by atoms with Crippen LogP contribution < -0.4 is 27.0 Å². The normalized spacial score (nSPS) is 12.7. The topological polar surface area (TPSA) is 177 Å². The van der Waals surface area contributed by atoms with E-state index < -0.39 is 54.1 Å². The highest BCUT2D eigenvalue weighted by molar-refractivity contribution is 6.38. The Morgan fingerprint density at radius 1 is 0.640 bits per heavy atom. The minimum absolute atomic E-state index is 0.0366. The van der Waals surface area contributed by atoms with Crippen LogP contribution in [0.15, 0.2) is 97.1 Å². The zero-order valence-electron chi connectivity index (χ0n) is 28.4. The smallest absolute Gasteiger partial charge is 0.290 e. The quantitative estimate of drug-likeness (QED) is 0.114. The average molecular weight is 678 g/mol. The van der Waals surface area contributed by atoms with Crippen LogP contribution in [-0.4, -0.2) is 60.0 Å². The SMILES string of the molecule is CC(C)C[C@H](NC(=O)Cc1ccc(-c2ccccc2)cc1)C(=O)NC(C)C(=O)C(=O)NCC(=O)NC(Cc1ccc2ccccc2c1)C(N)=O. The lowest BCUT2D eigenvalue weighted by Crippen LogP contribution is -2.54. The highest BCUT2D eigenvalue weighted by Crippen LogP contribution is 2.20. The lowest BCUT2D eigenvalue weighted by atomic mass is 10.0. The van der Waals surface area contributed by atoms with Crippen LogP contribution in [0.5, 0.6) is 0 Å². The van der Waals surface area contributed by atoms with Gasteiger partial charge in [0.25, 0.3) is 5.91 Å². The van der Waals surface area contributed by atoms with Gasteiger partial charge in [-0.1, -0.05) is 111 Å². The van der Waals surface area contributed by atoms with Gasteiger partial charge < -0.3 is 27.0 Å². The van der Waals surface area contributed by atoms with Gasteiger partial charge in [-0.2, -0.15) is 0 Å². The number of ketones is 1. The average Bonchev–Trinajstić information content (AvgIpc) is 3.10. The monoisotopic (exact) mass is 677 g/mol. The molecule has 3 atom stereocenters. The number of carbonyl (C=O) groups excluding carboxylic acids is 6. The maximum Gasteiger partial charge on any atom is 0.290 e. The number of benzene rings is 4. The Bertz CT molecular complexity index is 1840. The summed E-state index contributed by atoms with van der Waals surface area (Å²) in [5.41, 5.74) is 9.14. The molecule has 0 heterocycles. The van der Waals surface area contributed by atoms with Crippen molar-refractivity contribution in [1.82, 2.24) is 21.3 Å². The number of hydrogen-bond donors (Lipinski definition) is 5. The van der Waals surface area contributed by atoms with E-state index in [2.05, 4.69) is 21.3 Å². The first kappa shape index (κ1) is 37.0. The second-order valence-electron chi connectivity index (χ2n) is 12.7. The number of nitrogens with one attached hydrogen (secondary N) is 4. The Balaban J connectivity index is 1.26. The molecule has 0 fully saturated rings. The van der Waals surface area contributed by atoms with Crippen molar-refractivity contribution in [1.29, 1.82) is 0 Å². The highest BCUT2D eigenvalue weighted by Gasteiger charge is 2.28. The molecule has 4 aromatic rings. The Labute approximate surface area is 291 Å². The van der Waals surface area contributed by atoms with Gasteiger partial charge in [-0.3, -0.25) is 28.8 Å². The molecule has 0 aliphatic heterocycles. The van der Waals surface area contributed by atoms with Crippen LogP contribution in [0.1, 0.15) is 38.3 Å². The molecular weight excluding hydrogens is 634 g/mol.